The van der Waals surface area contributed by atoms with Crippen molar-refractivity contribution in [2.24, 2.45) is 0 Å². The first kappa shape index (κ1) is 8.86. The van der Waals surface area contributed by atoms with Crippen molar-refractivity contribution in [3.05, 3.63) is 39.9 Å². The van der Waals surface area contributed by atoms with Crippen LogP contribution in [0.25, 0.3) is 0 Å². The van der Waals surface area contributed by atoms with Crippen LogP contribution < -0.4 is 0 Å². The number of carbonyl (C=O) groups excluding carboxylic acids is 1. The monoisotopic (exact) mass is 229 g/mol. The van der Waals surface area contributed by atoms with Gasteiger partial charge in [-0.25, -0.2) is 0 Å². The van der Waals surface area contributed by atoms with Gasteiger partial charge in [-0.1, -0.05) is 6.07 Å². The van der Waals surface area contributed by atoms with Crippen molar-refractivity contribution < 1.29 is 9.72 Å². The van der Waals surface area contributed by atoms with Gasteiger partial charge in [0.25, 0.3) is 5.69 Å². The normalized spacial score (nSPS) is 9.42. The summed E-state index contributed by atoms with van der Waals surface area (Å²) in [6.07, 6.45) is 0. The molecule has 0 unspecified atom stereocenters. The van der Waals surface area contributed by atoms with Gasteiger partial charge in [0.2, 0.25) is 4.69 Å². The van der Waals surface area contributed by atoms with Crippen LogP contribution in [0.3, 0.4) is 0 Å². The quantitative estimate of drug-likeness (QED) is 0.444. The van der Waals surface area contributed by atoms with Gasteiger partial charge in [-0.15, -0.1) is 0 Å². The zero-order chi connectivity index (χ0) is 9.14. The van der Waals surface area contributed by atoms with Crippen molar-refractivity contribution in [1.29, 1.82) is 0 Å². The SMILES string of the molecule is O=C(Br)c1cccc([N+](=O)[O-])c1. The molecular weight excluding hydrogens is 226 g/mol. The minimum atomic E-state index is -0.542. The van der Waals surface area contributed by atoms with Crippen LogP contribution in [-0.2, 0) is 0 Å². The lowest BCUT2D eigenvalue weighted by Crippen LogP contribution is -1.91. The largest absolute Gasteiger partial charge is 0.281 e. The Kier molecular flexibility index (Phi) is 2.54. The minimum absolute atomic E-state index is 0.0831. The fourth-order valence-corrected chi connectivity index (χ4v) is 0.988. The molecule has 5 heteroatoms. The molecule has 4 nitrogen and oxygen atoms in total. The highest BCUT2D eigenvalue weighted by Crippen LogP contribution is 2.14. The lowest BCUT2D eigenvalue weighted by molar-refractivity contribution is -0.384. The van der Waals surface area contributed by atoms with Gasteiger partial charge in [-0.3, -0.25) is 14.9 Å². The standard InChI is InChI=1S/C7H4BrNO3/c8-7(10)5-2-1-3-6(4-5)9(11)12/h1-4H. The molecule has 1 rings (SSSR count). The van der Waals surface area contributed by atoms with Crippen molar-refractivity contribution >= 4 is 26.3 Å². The van der Waals surface area contributed by atoms with E-state index in [4.69, 9.17) is 0 Å². The van der Waals surface area contributed by atoms with E-state index in [1.807, 2.05) is 0 Å². The number of nitro benzene ring substituents is 1. The van der Waals surface area contributed by atoms with E-state index >= 15 is 0 Å². The average Bonchev–Trinajstić information content (AvgIpc) is 2.04. The second-order valence-electron chi connectivity index (χ2n) is 2.08. The molecule has 0 spiro atoms. The van der Waals surface area contributed by atoms with Crippen LogP contribution >= 0.6 is 15.9 Å². The van der Waals surface area contributed by atoms with Crippen molar-refractivity contribution in [1.82, 2.24) is 0 Å². The number of hydrogen-bond donors (Lipinski definition) is 0. The maximum atomic E-state index is 10.7. The maximum absolute atomic E-state index is 10.7. The summed E-state index contributed by atoms with van der Waals surface area (Å²) in [6, 6.07) is 5.52. The minimum Gasteiger partial charge on any atom is -0.281 e. The Bertz CT molecular complexity index is 308. The smallest absolute Gasteiger partial charge is 0.270 e. The Morgan fingerprint density at radius 3 is 2.67 bits per heavy atom. The van der Waals surface area contributed by atoms with Crippen LogP contribution in [0.15, 0.2) is 24.3 Å². The van der Waals surface area contributed by atoms with Crippen molar-refractivity contribution in [3.63, 3.8) is 0 Å². The number of nitrogens with zero attached hydrogens (tertiary/aromatic N) is 1. The lowest BCUT2D eigenvalue weighted by atomic mass is 10.2. The lowest BCUT2D eigenvalue weighted by Gasteiger charge is -1.92. The Labute approximate surface area is 76.5 Å². The molecule has 0 aliphatic heterocycles. The zero-order valence-electron chi connectivity index (χ0n) is 5.86. The third-order valence-corrected chi connectivity index (χ3v) is 1.74. The fourth-order valence-electron chi connectivity index (χ4n) is 0.742. The molecule has 12 heavy (non-hydrogen) atoms. The third-order valence-electron chi connectivity index (χ3n) is 1.28. The third kappa shape index (κ3) is 1.88. The fraction of sp³-hybridized carbons (Fsp3) is 0. The molecule has 0 N–H and O–H groups in total. The molecule has 0 amide bonds. The van der Waals surface area contributed by atoms with E-state index in [2.05, 4.69) is 15.9 Å². The number of nitro groups is 1. The Morgan fingerprint density at radius 2 is 2.17 bits per heavy atom. The molecule has 0 saturated carbocycles. The molecule has 0 saturated heterocycles. The zero-order valence-corrected chi connectivity index (χ0v) is 7.45. The molecule has 1 aromatic rings. The number of benzene rings is 1. The van der Waals surface area contributed by atoms with E-state index < -0.39 is 4.92 Å². The predicted octanol–water partition coefficient (Wildman–Crippen LogP) is 2.13. The van der Waals surface area contributed by atoms with Crippen LogP contribution in [0.5, 0.6) is 0 Å². The van der Waals surface area contributed by atoms with Gasteiger partial charge in [0, 0.05) is 17.7 Å². The van der Waals surface area contributed by atoms with Crippen molar-refractivity contribution in [3.8, 4) is 0 Å². The van der Waals surface area contributed by atoms with E-state index in [0.717, 1.165) is 0 Å². The maximum Gasteiger partial charge on any atom is 0.270 e. The first-order chi connectivity index (χ1) is 5.61. The summed E-state index contributed by atoms with van der Waals surface area (Å²) in [6.45, 7) is 0. The first-order valence-corrected chi connectivity index (χ1v) is 3.85. The van der Waals surface area contributed by atoms with Crippen LogP contribution in [0.2, 0.25) is 0 Å². The van der Waals surface area contributed by atoms with E-state index in [9.17, 15) is 14.9 Å². The average molecular weight is 230 g/mol. The molecule has 0 aromatic heterocycles. The molecule has 1 aromatic carbocycles. The topological polar surface area (TPSA) is 60.2 Å². The Balaban J connectivity index is 3.12. The highest BCUT2D eigenvalue weighted by atomic mass is 79.9. The molecule has 0 atom stereocenters. The van der Waals surface area contributed by atoms with Gasteiger partial charge in [0.15, 0.2) is 0 Å². The first-order valence-electron chi connectivity index (χ1n) is 3.05. The van der Waals surface area contributed by atoms with Crippen LogP contribution in [-0.4, -0.2) is 9.62 Å². The van der Waals surface area contributed by atoms with Crippen LogP contribution in [0.4, 0.5) is 5.69 Å². The Morgan fingerprint density at radius 1 is 1.50 bits per heavy atom. The van der Waals surface area contributed by atoms with Gasteiger partial charge >= 0.3 is 0 Å². The second kappa shape index (κ2) is 3.44. The number of halogens is 1. The van der Waals surface area contributed by atoms with Gasteiger partial charge < -0.3 is 0 Å². The summed E-state index contributed by atoms with van der Waals surface area (Å²) in [5.41, 5.74) is 0.199. The molecule has 0 aliphatic rings. The van der Waals surface area contributed by atoms with Crippen molar-refractivity contribution in [2.45, 2.75) is 0 Å². The van der Waals surface area contributed by atoms with Crippen LogP contribution in [0, 0.1) is 10.1 Å². The highest BCUT2D eigenvalue weighted by molar-refractivity contribution is 9.18. The Hall–Kier alpha value is -1.23. The molecule has 0 heterocycles. The molecule has 0 bridgehead atoms. The number of rotatable bonds is 2. The van der Waals surface area contributed by atoms with Gasteiger partial charge in [0.05, 0.1) is 4.92 Å². The molecule has 0 fully saturated rings. The van der Waals surface area contributed by atoms with Crippen LogP contribution in [0.1, 0.15) is 10.4 Å². The summed E-state index contributed by atoms with van der Waals surface area (Å²) in [5, 5.41) is 10.3. The van der Waals surface area contributed by atoms with Crippen molar-refractivity contribution in [2.75, 3.05) is 0 Å². The van der Waals surface area contributed by atoms with Gasteiger partial charge in [-0.2, -0.15) is 0 Å². The van der Waals surface area contributed by atoms with E-state index in [1.165, 1.54) is 24.3 Å². The van der Waals surface area contributed by atoms with E-state index in [1.54, 1.807) is 0 Å². The summed E-state index contributed by atoms with van der Waals surface area (Å²) >= 11 is 2.70. The van der Waals surface area contributed by atoms with E-state index in [0.29, 0.717) is 0 Å². The highest BCUT2D eigenvalue weighted by Gasteiger charge is 2.08. The molecule has 0 aliphatic carbocycles. The molecule has 62 valence electrons. The van der Waals surface area contributed by atoms with Gasteiger partial charge in [-0.05, 0) is 22.0 Å². The number of carbonyl (C=O) groups is 1. The summed E-state index contributed by atoms with van der Waals surface area (Å²) < 4.78 is -0.355. The van der Waals surface area contributed by atoms with Gasteiger partial charge in [0.1, 0.15) is 0 Å². The summed E-state index contributed by atoms with van der Waals surface area (Å²) in [5.74, 6) is 0. The molecular formula is C7H4BrNO3. The summed E-state index contributed by atoms with van der Waals surface area (Å²) in [4.78, 5) is 20.4. The summed E-state index contributed by atoms with van der Waals surface area (Å²) in [7, 11) is 0. The molecule has 0 radical (unpaired) electrons. The number of hydrogen-bond acceptors (Lipinski definition) is 3. The second-order valence-corrected chi connectivity index (χ2v) is 2.80. The van der Waals surface area contributed by atoms with E-state index in [-0.39, 0.29) is 15.9 Å². The number of non-ortho nitro benzene ring substituents is 1. The predicted molar refractivity (Wildman–Crippen MR) is 46.4 cm³/mol.